The van der Waals surface area contributed by atoms with E-state index in [-0.39, 0.29) is 12.2 Å². The van der Waals surface area contributed by atoms with Crippen LogP contribution in [0.2, 0.25) is 0 Å². The van der Waals surface area contributed by atoms with Gasteiger partial charge < -0.3 is 10.4 Å². The van der Waals surface area contributed by atoms with Crippen molar-refractivity contribution in [2.45, 2.75) is 26.8 Å². The first-order chi connectivity index (χ1) is 7.50. The molecule has 16 heavy (non-hydrogen) atoms. The van der Waals surface area contributed by atoms with Gasteiger partial charge in [-0.3, -0.25) is 4.79 Å². The van der Waals surface area contributed by atoms with Crippen LogP contribution < -0.4 is 5.32 Å². The second-order valence-electron chi connectivity index (χ2n) is 3.86. The first-order valence-corrected chi connectivity index (χ1v) is 5.19. The molecule has 88 valence electrons. The molecular formula is C12H16FNO2. The molecule has 1 rings (SSSR count). The summed E-state index contributed by atoms with van der Waals surface area (Å²) >= 11 is 0. The normalized spacial score (nSPS) is 10.4. The number of carboxylic acid groups (broad SMARTS) is 1. The van der Waals surface area contributed by atoms with Crippen LogP contribution in [0.15, 0.2) is 12.1 Å². The fourth-order valence-corrected chi connectivity index (χ4v) is 1.57. The highest BCUT2D eigenvalue weighted by atomic mass is 19.1. The van der Waals surface area contributed by atoms with Crippen LogP contribution in [0.5, 0.6) is 0 Å². The smallest absolute Gasteiger partial charge is 0.304 e. The van der Waals surface area contributed by atoms with E-state index >= 15 is 0 Å². The van der Waals surface area contributed by atoms with Crippen molar-refractivity contribution in [1.82, 2.24) is 5.32 Å². The van der Waals surface area contributed by atoms with Gasteiger partial charge >= 0.3 is 5.97 Å². The molecule has 2 N–H and O–H groups in total. The lowest BCUT2D eigenvalue weighted by atomic mass is 10.1. The van der Waals surface area contributed by atoms with Crippen LogP contribution in [-0.2, 0) is 11.3 Å². The van der Waals surface area contributed by atoms with Gasteiger partial charge in [-0.15, -0.1) is 0 Å². The Morgan fingerprint density at radius 3 is 2.44 bits per heavy atom. The fourth-order valence-electron chi connectivity index (χ4n) is 1.57. The van der Waals surface area contributed by atoms with Gasteiger partial charge in [-0.2, -0.15) is 0 Å². The van der Waals surface area contributed by atoms with Gasteiger partial charge in [0.05, 0.1) is 6.42 Å². The van der Waals surface area contributed by atoms with Crippen molar-refractivity contribution in [3.8, 4) is 0 Å². The van der Waals surface area contributed by atoms with E-state index in [4.69, 9.17) is 5.11 Å². The number of benzene rings is 1. The van der Waals surface area contributed by atoms with Crippen molar-refractivity contribution in [2.75, 3.05) is 6.54 Å². The van der Waals surface area contributed by atoms with Crippen LogP contribution in [0.1, 0.15) is 23.1 Å². The molecular weight excluding hydrogens is 209 g/mol. The summed E-state index contributed by atoms with van der Waals surface area (Å²) in [6, 6.07) is 3.55. The van der Waals surface area contributed by atoms with Gasteiger partial charge in [-0.05, 0) is 30.5 Å². The third-order valence-electron chi connectivity index (χ3n) is 2.34. The number of carbonyl (C=O) groups is 1. The number of aryl methyl sites for hydroxylation is 2. The predicted molar refractivity (Wildman–Crippen MR) is 59.8 cm³/mol. The molecule has 0 bridgehead atoms. The lowest BCUT2D eigenvalue weighted by molar-refractivity contribution is -0.136. The van der Waals surface area contributed by atoms with Crippen molar-refractivity contribution in [3.63, 3.8) is 0 Å². The monoisotopic (exact) mass is 225 g/mol. The van der Waals surface area contributed by atoms with Crippen LogP contribution in [0.4, 0.5) is 4.39 Å². The van der Waals surface area contributed by atoms with E-state index in [1.165, 1.54) is 0 Å². The van der Waals surface area contributed by atoms with E-state index in [0.717, 1.165) is 5.56 Å². The second kappa shape index (κ2) is 5.61. The molecule has 1 aromatic rings. The highest BCUT2D eigenvalue weighted by Crippen LogP contribution is 2.14. The number of aliphatic carboxylic acids is 1. The first-order valence-electron chi connectivity index (χ1n) is 5.19. The van der Waals surface area contributed by atoms with Crippen LogP contribution >= 0.6 is 0 Å². The summed E-state index contributed by atoms with van der Waals surface area (Å²) in [5.74, 6) is -0.992. The lowest BCUT2D eigenvalue weighted by Crippen LogP contribution is -2.17. The van der Waals surface area contributed by atoms with E-state index in [9.17, 15) is 9.18 Å². The first kappa shape index (κ1) is 12.6. The third-order valence-corrected chi connectivity index (χ3v) is 2.34. The van der Waals surface area contributed by atoms with Crippen molar-refractivity contribution in [2.24, 2.45) is 0 Å². The highest BCUT2D eigenvalue weighted by molar-refractivity contribution is 5.66. The minimum absolute atomic E-state index is 0.0964. The summed E-state index contributed by atoms with van der Waals surface area (Å²) in [6.45, 7) is 4.44. The van der Waals surface area contributed by atoms with Crippen molar-refractivity contribution in [3.05, 3.63) is 34.6 Å². The molecule has 0 amide bonds. The Morgan fingerprint density at radius 1 is 1.38 bits per heavy atom. The maximum Gasteiger partial charge on any atom is 0.304 e. The molecule has 0 aliphatic heterocycles. The molecule has 0 heterocycles. The van der Waals surface area contributed by atoms with Crippen LogP contribution in [0.25, 0.3) is 0 Å². The molecule has 0 unspecified atom stereocenters. The van der Waals surface area contributed by atoms with Gasteiger partial charge in [0.25, 0.3) is 0 Å². The molecule has 0 saturated carbocycles. The summed E-state index contributed by atoms with van der Waals surface area (Å²) in [7, 11) is 0. The Labute approximate surface area is 94.3 Å². The summed E-state index contributed by atoms with van der Waals surface area (Å²) in [5.41, 5.74) is 2.21. The van der Waals surface area contributed by atoms with E-state index in [1.54, 1.807) is 26.0 Å². The Morgan fingerprint density at radius 2 is 1.94 bits per heavy atom. The molecule has 3 nitrogen and oxygen atoms in total. The topological polar surface area (TPSA) is 49.3 Å². The zero-order valence-electron chi connectivity index (χ0n) is 9.51. The highest BCUT2D eigenvalue weighted by Gasteiger charge is 2.04. The summed E-state index contributed by atoms with van der Waals surface area (Å²) in [5, 5.41) is 11.4. The van der Waals surface area contributed by atoms with E-state index in [2.05, 4.69) is 5.32 Å². The molecule has 0 aromatic heterocycles. The van der Waals surface area contributed by atoms with Crippen molar-refractivity contribution < 1.29 is 14.3 Å². The van der Waals surface area contributed by atoms with Gasteiger partial charge in [0, 0.05) is 13.1 Å². The third kappa shape index (κ3) is 3.62. The molecule has 0 aliphatic rings. The van der Waals surface area contributed by atoms with Gasteiger partial charge in [0.15, 0.2) is 0 Å². The SMILES string of the molecule is Cc1cc(CNCCC(=O)O)cc(C)c1F. The molecule has 1 aromatic carbocycles. The van der Waals surface area contributed by atoms with Gasteiger partial charge in [-0.1, -0.05) is 12.1 Å². The maximum absolute atomic E-state index is 13.3. The molecule has 0 saturated heterocycles. The molecule has 0 aliphatic carbocycles. The number of rotatable bonds is 5. The van der Waals surface area contributed by atoms with Crippen LogP contribution in [0.3, 0.4) is 0 Å². The number of hydrogen-bond donors (Lipinski definition) is 2. The van der Waals surface area contributed by atoms with Gasteiger partial charge in [-0.25, -0.2) is 4.39 Å². The number of hydrogen-bond acceptors (Lipinski definition) is 2. The number of carboxylic acids is 1. The second-order valence-corrected chi connectivity index (χ2v) is 3.86. The molecule has 0 fully saturated rings. The summed E-state index contributed by atoms with van der Waals surface area (Å²) < 4.78 is 13.3. The molecule has 0 spiro atoms. The largest absolute Gasteiger partial charge is 0.481 e. The summed E-state index contributed by atoms with van der Waals surface area (Å²) in [6.07, 6.45) is 0.0964. The lowest BCUT2D eigenvalue weighted by Gasteiger charge is -2.07. The van der Waals surface area contributed by atoms with Crippen molar-refractivity contribution in [1.29, 1.82) is 0 Å². The van der Waals surface area contributed by atoms with Gasteiger partial charge in [0.1, 0.15) is 5.82 Å². The maximum atomic E-state index is 13.3. The van der Waals surface area contributed by atoms with E-state index < -0.39 is 5.97 Å². The molecule has 0 radical (unpaired) electrons. The zero-order valence-corrected chi connectivity index (χ0v) is 9.51. The fraction of sp³-hybridized carbons (Fsp3) is 0.417. The average Bonchev–Trinajstić information content (AvgIpc) is 2.20. The standard InChI is InChI=1S/C12H16FNO2/c1-8-5-10(6-9(2)12(8)13)7-14-4-3-11(15)16/h5-6,14H,3-4,7H2,1-2H3,(H,15,16). The van der Waals surface area contributed by atoms with E-state index in [0.29, 0.717) is 24.2 Å². The zero-order chi connectivity index (χ0) is 12.1. The Kier molecular flexibility index (Phi) is 4.43. The summed E-state index contributed by atoms with van der Waals surface area (Å²) in [4.78, 5) is 10.3. The Hall–Kier alpha value is -1.42. The van der Waals surface area contributed by atoms with Gasteiger partial charge in [0.2, 0.25) is 0 Å². The van der Waals surface area contributed by atoms with Crippen LogP contribution in [0, 0.1) is 19.7 Å². The molecule has 0 atom stereocenters. The Bertz CT molecular complexity index is 368. The van der Waals surface area contributed by atoms with Crippen LogP contribution in [-0.4, -0.2) is 17.6 Å². The minimum Gasteiger partial charge on any atom is -0.481 e. The number of halogens is 1. The molecule has 4 heteroatoms. The Balaban J connectivity index is 2.52. The van der Waals surface area contributed by atoms with Crippen molar-refractivity contribution >= 4 is 5.97 Å². The van der Waals surface area contributed by atoms with E-state index in [1.807, 2.05) is 0 Å². The predicted octanol–water partition coefficient (Wildman–Crippen LogP) is 2.01. The quantitative estimate of drug-likeness (QED) is 0.753. The number of nitrogens with one attached hydrogen (secondary N) is 1. The minimum atomic E-state index is -0.820. The average molecular weight is 225 g/mol.